The summed E-state index contributed by atoms with van der Waals surface area (Å²) in [7, 11) is 1.47. The fraction of sp³-hybridized carbons (Fsp3) is 0.389. The second-order valence-electron chi connectivity index (χ2n) is 6.52. The summed E-state index contributed by atoms with van der Waals surface area (Å²) in [5.41, 5.74) is 1.65. The molecule has 0 amide bonds. The Balaban J connectivity index is 1.37. The molecule has 1 aliphatic rings. The van der Waals surface area contributed by atoms with Crippen molar-refractivity contribution >= 4 is 22.3 Å². The van der Waals surface area contributed by atoms with E-state index < -0.39 is 0 Å². The van der Waals surface area contributed by atoms with Crippen LogP contribution >= 0.6 is 0 Å². The minimum atomic E-state index is -0.370. The van der Waals surface area contributed by atoms with Crippen LogP contribution in [0.1, 0.15) is 0 Å². The lowest BCUT2D eigenvalue weighted by Crippen LogP contribution is -2.47. The number of rotatable bonds is 7. The van der Waals surface area contributed by atoms with Crippen molar-refractivity contribution in [1.82, 2.24) is 20.2 Å². The molecule has 29 heavy (non-hydrogen) atoms. The molecule has 1 saturated heterocycles. The van der Waals surface area contributed by atoms with Crippen molar-refractivity contribution in [2.75, 3.05) is 51.3 Å². The van der Waals surface area contributed by atoms with Gasteiger partial charge in [0, 0.05) is 45.0 Å². The lowest BCUT2D eigenvalue weighted by Gasteiger charge is -2.36. The van der Waals surface area contributed by atoms with Crippen molar-refractivity contribution in [2.45, 2.75) is 0 Å². The highest BCUT2D eigenvalue weighted by Gasteiger charge is 2.22. The largest absolute Gasteiger partial charge is 0.475 e. The van der Waals surface area contributed by atoms with E-state index in [9.17, 15) is 10.1 Å². The first kappa shape index (κ1) is 18.9. The van der Waals surface area contributed by atoms with E-state index in [2.05, 4.69) is 29.7 Å². The Morgan fingerprint density at radius 2 is 1.97 bits per heavy atom. The number of fused-ring (bicyclic) bond motifs is 1. The lowest BCUT2D eigenvalue weighted by atomic mass is 10.1. The summed E-state index contributed by atoms with van der Waals surface area (Å²) in [6.07, 6.45) is 1.66. The Morgan fingerprint density at radius 3 is 2.72 bits per heavy atom. The summed E-state index contributed by atoms with van der Waals surface area (Å²) in [6.45, 7) is 4.41. The van der Waals surface area contributed by atoms with Crippen LogP contribution in [0.4, 0.5) is 11.4 Å². The van der Waals surface area contributed by atoms with Crippen molar-refractivity contribution in [3.05, 3.63) is 40.6 Å². The Hall–Kier alpha value is -3.47. The minimum absolute atomic E-state index is 0.0745. The molecule has 4 rings (SSSR count). The van der Waals surface area contributed by atoms with Gasteiger partial charge in [-0.05, 0) is 28.5 Å². The number of piperazine rings is 1. The van der Waals surface area contributed by atoms with Gasteiger partial charge >= 0.3 is 11.8 Å². The van der Waals surface area contributed by atoms with Crippen LogP contribution in [-0.4, -0.2) is 71.6 Å². The normalized spacial score (nSPS) is 14.9. The zero-order valence-corrected chi connectivity index (χ0v) is 15.9. The number of aromatic nitrogens is 3. The smallest absolute Gasteiger partial charge is 0.320 e. The highest BCUT2D eigenvalue weighted by atomic mass is 16.6. The number of nitro groups is 1. The molecular weight excluding hydrogens is 380 g/mol. The van der Waals surface area contributed by atoms with Gasteiger partial charge in [0.25, 0.3) is 5.69 Å². The molecule has 3 heterocycles. The number of non-ortho nitro benzene ring substituents is 1. The molecule has 3 aromatic rings. The van der Waals surface area contributed by atoms with E-state index in [0.29, 0.717) is 17.5 Å². The van der Waals surface area contributed by atoms with E-state index in [1.165, 1.54) is 7.11 Å². The van der Waals surface area contributed by atoms with E-state index in [1.807, 2.05) is 0 Å². The van der Waals surface area contributed by atoms with E-state index in [1.54, 1.807) is 30.5 Å². The second-order valence-corrected chi connectivity index (χ2v) is 6.52. The van der Waals surface area contributed by atoms with E-state index in [0.717, 1.165) is 38.4 Å². The highest BCUT2D eigenvalue weighted by molar-refractivity contribution is 5.97. The third-order valence-electron chi connectivity index (χ3n) is 4.91. The van der Waals surface area contributed by atoms with Gasteiger partial charge < -0.3 is 14.4 Å². The van der Waals surface area contributed by atoms with Crippen LogP contribution in [0.25, 0.3) is 10.9 Å². The first-order valence-electron chi connectivity index (χ1n) is 9.16. The Kier molecular flexibility index (Phi) is 5.38. The van der Waals surface area contributed by atoms with Crippen LogP contribution in [-0.2, 0) is 0 Å². The maximum atomic E-state index is 11.3. The van der Waals surface area contributed by atoms with Crippen molar-refractivity contribution in [3.8, 4) is 11.8 Å². The molecule has 1 aromatic carbocycles. The fourth-order valence-corrected chi connectivity index (χ4v) is 3.43. The number of ether oxygens (including phenoxy) is 2. The van der Waals surface area contributed by atoms with Crippen molar-refractivity contribution in [2.24, 2.45) is 0 Å². The van der Waals surface area contributed by atoms with Gasteiger partial charge in [-0.25, -0.2) is 4.63 Å². The molecule has 0 spiro atoms. The molecule has 0 radical (unpaired) electrons. The summed E-state index contributed by atoms with van der Waals surface area (Å²) >= 11 is 0. The monoisotopic (exact) mass is 400 g/mol. The summed E-state index contributed by atoms with van der Waals surface area (Å²) in [6, 6.07) is 6.80. The maximum Gasteiger partial charge on any atom is 0.320 e. The van der Waals surface area contributed by atoms with Crippen LogP contribution < -0.4 is 14.4 Å². The molecule has 0 bridgehead atoms. The van der Waals surface area contributed by atoms with Crippen molar-refractivity contribution in [1.29, 1.82) is 0 Å². The Bertz CT molecular complexity index is 1000. The molecule has 1 fully saturated rings. The van der Waals surface area contributed by atoms with Gasteiger partial charge in [0.05, 0.1) is 23.1 Å². The van der Waals surface area contributed by atoms with E-state index >= 15 is 0 Å². The molecule has 11 nitrogen and oxygen atoms in total. The number of nitrogens with zero attached hydrogens (tertiary/aromatic N) is 6. The van der Waals surface area contributed by atoms with Crippen LogP contribution in [0.2, 0.25) is 0 Å². The maximum absolute atomic E-state index is 11.3. The number of pyridine rings is 1. The molecule has 0 aliphatic carbocycles. The highest BCUT2D eigenvalue weighted by Crippen LogP contribution is 2.32. The zero-order chi connectivity index (χ0) is 20.2. The van der Waals surface area contributed by atoms with Gasteiger partial charge in [-0.1, -0.05) is 0 Å². The SMILES string of the molecule is COc1nonc1OCCN1CCN(c2ccc([N+](=O)[O-])c3cccnc23)CC1. The van der Waals surface area contributed by atoms with Gasteiger partial charge in [-0.2, -0.15) is 0 Å². The minimum Gasteiger partial charge on any atom is -0.475 e. The summed E-state index contributed by atoms with van der Waals surface area (Å²) in [4.78, 5) is 19.8. The molecule has 0 saturated carbocycles. The Morgan fingerprint density at radius 1 is 1.17 bits per heavy atom. The van der Waals surface area contributed by atoms with Gasteiger partial charge in [0.15, 0.2) is 0 Å². The third kappa shape index (κ3) is 3.90. The molecule has 0 atom stereocenters. The van der Waals surface area contributed by atoms with Gasteiger partial charge in [-0.15, -0.1) is 0 Å². The molecule has 1 aliphatic heterocycles. The van der Waals surface area contributed by atoms with Gasteiger partial charge in [0.2, 0.25) is 0 Å². The summed E-state index contributed by atoms with van der Waals surface area (Å²) in [5, 5.41) is 19.1. The average molecular weight is 400 g/mol. The predicted octanol–water partition coefficient (Wildman–Crippen LogP) is 1.74. The van der Waals surface area contributed by atoms with Crippen LogP contribution in [0.3, 0.4) is 0 Å². The molecule has 152 valence electrons. The van der Waals surface area contributed by atoms with E-state index in [4.69, 9.17) is 9.47 Å². The van der Waals surface area contributed by atoms with E-state index in [-0.39, 0.29) is 22.4 Å². The number of hydrogen-bond acceptors (Lipinski definition) is 10. The average Bonchev–Trinajstić information content (AvgIpc) is 3.21. The number of nitro benzene ring substituents is 1. The topological polar surface area (TPSA) is 120 Å². The number of benzene rings is 1. The standard InChI is InChI=1S/C18H20N6O5/c1-27-17-18(21-29-20-17)28-12-11-22-7-9-23(10-8-22)15-5-4-14(24(25)26)13-3-2-6-19-16(13)15/h2-6H,7-12H2,1H3. The van der Waals surface area contributed by atoms with Gasteiger partial charge in [0.1, 0.15) is 12.1 Å². The Labute approximate surface area is 165 Å². The van der Waals surface area contributed by atoms with Crippen LogP contribution in [0.15, 0.2) is 35.1 Å². The first-order chi connectivity index (χ1) is 14.2. The van der Waals surface area contributed by atoms with Crippen LogP contribution in [0, 0.1) is 10.1 Å². The number of methoxy groups -OCH3 is 1. The predicted molar refractivity (Wildman–Crippen MR) is 103 cm³/mol. The first-order valence-corrected chi connectivity index (χ1v) is 9.16. The summed E-state index contributed by atoms with van der Waals surface area (Å²) < 4.78 is 15.1. The molecule has 11 heteroatoms. The van der Waals surface area contributed by atoms with Crippen molar-refractivity contribution < 1.29 is 19.0 Å². The van der Waals surface area contributed by atoms with Crippen LogP contribution in [0.5, 0.6) is 11.8 Å². The number of hydrogen-bond donors (Lipinski definition) is 0. The van der Waals surface area contributed by atoms with Crippen molar-refractivity contribution in [3.63, 3.8) is 0 Å². The molecular formula is C18H20N6O5. The summed E-state index contributed by atoms with van der Waals surface area (Å²) in [5.74, 6) is 0.474. The lowest BCUT2D eigenvalue weighted by molar-refractivity contribution is -0.383. The second kappa shape index (κ2) is 8.27. The molecule has 0 N–H and O–H groups in total. The molecule has 0 unspecified atom stereocenters. The van der Waals surface area contributed by atoms with Gasteiger partial charge in [-0.3, -0.25) is 20.0 Å². The zero-order valence-electron chi connectivity index (χ0n) is 15.9. The number of anilines is 1. The third-order valence-corrected chi connectivity index (χ3v) is 4.91. The quantitative estimate of drug-likeness (QED) is 0.428. The fourth-order valence-electron chi connectivity index (χ4n) is 3.43. The molecule has 2 aromatic heterocycles.